The van der Waals surface area contributed by atoms with Gasteiger partial charge in [0.15, 0.2) is 5.82 Å². The standard InChI is InChI=1S/C19H17F2NO5/c1-4-22-9-14(19(26)27-5-2)18(25)13-8-15(20)12(16(21)17(13)22)7-11(24)6-10(3)23/h4,8-9H,1,5-7H2,2-3H3. The molecular formula is C19H17F2NO5. The number of aromatic nitrogens is 1. The van der Waals surface area contributed by atoms with Crippen molar-refractivity contribution in [2.24, 2.45) is 0 Å². The Balaban J connectivity index is 2.73. The normalized spacial score (nSPS) is 10.7. The summed E-state index contributed by atoms with van der Waals surface area (Å²) in [6.07, 6.45) is 1.08. The molecule has 0 amide bonds. The zero-order valence-corrected chi connectivity index (χ0v) is 14.8. The predicted octanol–water partition coefficient (Wildman–Crippen LogP) is 2.65. The molecule has 0 fully saturated rings. The lowest BCUT2D eigenvalue weighted by Crippen LogP contribution is -2.21. The number of ether oxygens (including phenoxy) is 1. The minimum Gasteiger partial charge on any atom is -0.462 e. The average Bonchev–Trinajstić information content (AvgIpc) is 2.59. The number of carbonyl (C=O) groups is 3. The highest BCUT2D eigenvalue weighted by Gasteiger charge is 2.23. The summed E-state index contributed by atoms with van der Waals surface area (Å²) in [5.74, 6) is -4.26. The lowest BCUT2D eigenvalue weighted by Gasteiger charge is -2.13. The number of pyridine rings is 1. The van der Waals surface area contributed by atoms with Crippen molar-refractivity contribution in [2.45, 2.75) is 26.7 Å². The molecule has 2 rings (SSSR count). The van der Waals surface area contributed by atoms with Gasteiger partial charge in [0, 0.05) is 24.4 Å². The van der Waals surface area contributed by atoms with Crippen molar-refractivity contribution in [3.8, 4) is 0 Å². The highest BCUT2D eigenvalue weighted by atomic mass is 19.1. The van der Waals surface area contributed by atoms with E-state index in [9.17, 15) is 28.0 Å². The number of carbonyl (C=O) groups excluding carboxylic acids is 3. The van der Waals surface area contributed by atoms with Crippen LogP contribution in [-0.2, 0) is 20.7 Å². The molecule has 1 aromatic heterocycles. The van der Waals surface area contributed by atoms with E-state index >= 15 is 0 Å². The summed E-state index contributed by atoms with van der Waals surface area (Å²) < 4.78 is 35.2. The van der Waals surface area contributed by atoms with Crippen LogP contribution in [0.25, 0.3) is 17.1 Å². The number of ketones is 2. The van der Waals surface area contributed by atoms with Crippen LogP contribution in [0.5, 0.6) is 0 Å². The molecule has 0 saturated heterocycles. The van der Waals surface area contributed by atoms with Gasteiger partial charge in [-0.15, -0.1) is 0 Å². The third kappa shape index (κ3) is 3.99. The van der Waals surface area contributed by atoms with Crippen molar-refractivity contribution in [2.75, 3.05) is 6.61 Å². The molecule has 142 valence electrons. The fourth-order valence-corrected chi connectivity index (χ4v) is 2.68. The van der Waals surface area contributed by atoms with Gasteiger partial charge in [0.1, 0.15) is 22.9 Å². The molecule has 0 N–H and O–H groups in total. The average molecular weight is 377 g/mol. The molecule has 8 heteroatoms. The quantitative estimate of drug-likeness (QED) is 0.547. The second kappa shape index (κ2) is 8.03. The number of nitrogens with zero attached hydrogens (tertiary/aromatic N) is 1. The Bertz CT molecular complexity index is 1020. The van der Waals surface area contributed by atoms with Crippen LogP contribution in [0.15, 0.2) is 23.6 Å². The molecule has 0 spiro atoms. The third-order valence-electron chi connectivity index (χ3n) is 3.82. The van der Waals surface area contributed by atoms with Gasteiger partial charge in [0.05, 0.1) is 23.9 Å². The van der Waals surface area contributed by atoms with Crippen molar-refractivity contribution in [1.82, 2.24) is 4.57 Å². The van der Waals surface area contributed by atoms with Crippen LogP contribution < -0.4 is 5.43 Å². The molecule has 0 saturated carbocycles. The van der Waals surface area contributed by atoms with Crippen LogP contribution >= 0.6 is 0 Å². The van der Waals surface area contributed by atoms with E-state index in [1.165, 1.54) is 6.92 Å². The molecule has 0 atom stereocenters. The minimum atomic E-state index is -1.13. The van der Waals surface area contributed by atoms with Crippen LogP contribution in [0.3, 0.4) is 0 Å². The summed E-state index contributed by atoms with van der Waals surface area (Å²) in [5.41, 5.74) is -2.19. The molecule has 0 radical (unpaired) electrons. The van der Waals surface area contributed by atoms with Crippen molar-refractivity contribution in [1.29, 1.82) is 0 Å². The fraction of sp³-hybridized carbons (Fsp3) is 0.263. The van der Waals surface area contributed by atoms with E-state index in [-0.39, 0.29) is 12.1 Å². The second-order valence-corrected chi connectivity index (χ2v) is 5.82. The minimum absolute atomic E-state index is 0.0182. The molecule has 0 unspecified atom stereocenters. The first-order chi connectivity index (χ1) is 12.7. The summed E-state index contributed by atoms with van der Waals surface area (Å²) in [5, 5.41) is -0.391. The summed E-state index contributed by atoms with van der Waals surface area (Å²) in [6, 6.07) is 0.764. The zero-order chi connectivity index (χ0) is 20.3. The number of hydrogen-bond donors (Lipinski definition) is 0. The lowest BCUT2D eigenvalue weighted by molar-refractivity contribution is -0.125. The first kappa shape index (κ1) is 20.2. The van der Waals surface area contributed by atoms with Gasteiger partial charge in [-0.1, -0.05) is 6.58 Å². The molecule has 0 bridgehead atoms. The Labute approximate surface area is 153 Å². The van der Waals surface area contributed by atoms with E-state index in [4.69, 9.17) is 4.74 Å². The van der Waals surface area contributed by atoms with Gasteiger partial charge in [-0.25, -0.2) is 13.6 Å². The number of rotatable bonds is 7. The molecule has 1 aromatic carbocycles. The van der Waals surface area contributed by atoms with Crippen LogP contribution in [-0.4, -0.2) is 28.7 Å². The highest BCUT2D eigenvalue weighted by Crippen LogP contribution is 2.24. The lowest BCUT2D eigenvalue weighted by atomic mass is 10.0. The van der Waals surface area contributed by atoms with E-state index in [0.29, 0.717) is 0 Å². The Morgan fingerprint density at radius 3 is 2.52 bits per heavy atom. The van der Waals surface area contributed by atoms with E-state index in [1.54, 1.807) is 6.92 Å². The maximum absolute atomic E-state index is 14.9. The molecular weight excluding hydrogens is 360 g/mol. The predicted molar refractivity (Wildman–Crippen MR) is 94.5 cm³/mol. The third-order valence-corrected chi connectivity index (χ3v) is 3.82. The molecule has 6 nitrogen and oxygen atoms in total. The first-order valence-electron chi connectivity index (χ1n) is 8.07. The molecule has 0 aliphatic carbocycles. The Morgan fingerprint density at radius 1 is 1.30 bits per heavy atom. The summed E-state index contributed by atoms with van der Waals surface area (Å²) >= 11 is 0. The summed E-state index contributed by atoms with van der Waals surface area (Å²) in [6.45, 7) is 6.25. The van der Waals surface area contributed by atoms with Crippen molar-refractivity contribution in [3.63, 3.8) is 0 Å². The fourth-order valence-electron chi connectivity index (χ4n) is 2.68. The Morgan fingerprint density at radius 2 is 1.96 bits per heavy atom. The van der Waals surface area contributed by atoms with E-state index in [0.717, 1.165) is 23.0 Å². The number of benzene rings is 1. The van der Waals surface area contributed by atoms with Gasteiger partial charge >= 0.3 is 5.97 Å². The van der Waals surface area contributed by atoms with Crippen LogP contribution in [0, 0.1) is 11.6 Å². The van der Waals surface area contributed by atoms with E-state index < -0.39 is 64.0 Å². The highest BCUT2D eigenvalue weighted by molar-refractivity contribution is 5.99. The van der Waals surface area contributed by atoms with Gasteiger partial charge in [-0.05, 0) is 19.9 Å². The number of hydrogen-bond acceptors (Lipinski definition) is 5. The van der Waals surface area contributed by atoms with Gasteiger partial charge in [0.2, 0.25) is 5.43 Å². The van der Waals surface area contributed by atoms with Crippen LogP contribution in [0.2, 0.25) is 0 Å². The zero-order valence-electron chi connectivity index (χ0n) is 14.8. The first-order valence-corrected chi connectivity index (χ1v) is 8.07. The van der Waals surface area contributed by atoms with Crippen molar-refractivity contribution in [3.05, 3.63) is 51.8 Å². The maximum atomic E-state index is 14.9. The number of halogens is 2. The van der Waals surface area contributed by atoms with Gasteiger partial charge in [0.25, 0.3) is 0 Å². The maximum Gasteiger partial charge on any atom is 0.343 e. The largest absolute Gasteiger partial charge is 0.462 e. The molecule has 27 heavy (non-hydrogen) atoms. The molecule has 1 heterocycles. The second-order valence-electron chi connectivity index (χ2n) is 5.82. The van der Waals surface area contributed by atoms with Gasteiger partial charge < -0.3 is 9.30 Å². The van der Waals surface area contributed by atoms with Gasteiger partial charge in [-0.3, -0.25) is 14.4 Å². The topological polar surface area (TPSA) is 82.4 Å². The van der Waals surface area contributed by atoms with Crippen LogP contribution in [0.1, 0.15) is 36.2 Å². The molecule has 0 aliphatic heterocycles. The van der Waals surface area contributed by atoms with Crippen LogP contribution in [0.4, 0.5) is 8.78 Å². The smallest absolute Gasteiger partial charge is 0.343 e. The Kier molecular flexibility index (Phi) is 5.99. The van der Waals surface area contributed by atoms with Crippen molar-refractivity contribution >= 4 is 34.6 Å². The van der Waals surface area contributed by atoms with E-state index in [1.807, 2.05) is 0 Å². The summed E-state index contributed by atoms with van der Waals surface area (Å²) in [4.78, 5) is 47.2. The monoisotopic (exact) mass is 377 g/mol. The number of fused-ring (bicyclic) bond motifs is 1. The van der Waals surface area contributed by atoms with Crippen molar-refractivity contribution < 1.29 is 27.9 Å². The Hall–Kier alpha value is -3.16. The summed E-state index contributed by atoms with van der Waals surface area (Å²) in [7, 11) is 0. The van der Waals surface area contributed by atoms with Gasteiger partial charge in [-0.2, -0.15) is 0 Å². The number of esters is 1. The molecule has 2 aromatic rings. The van der Waals surface area contributed by atoms with E-state index in [2.05, 4.69) is 6.58 Å². The molecule has 0 aliphatic rings. The SMILES string of the molecule is C=Cn1cc(C(=O)OCC)c(=O)c2cc(F)c(CC(=O)CC(C)=O)c(F)c21. The number of Topliss-reactive ketones (excluding diaryl/α,β-unsaturated/α-hetero) is 2.